The number of hydrogen-bond acceptors (Lipinski definition) is 2. The standard InChI is InChI=1S/C14H17Cl3N2OS/c1-8(4-5-21(3)20)19-13-7-11(17)10(16)6-12(13)18-14(19)9(2)15/h6-9H,4-5H2,1-3H3. The summed E-state index contributed by atoms with van der Waals surface area (Å²) in [7, 11) is -0.821. The van der Waals surface area contributed by atoms with Gasteiger partial charge >= 0.3 is 0 Å². The molecule has 2 rings (SSSR count). The normalized spacial score (nSPS) is 16.1. The Morgan fingerprint density at radius 3 is 2.48 bits per heavy atom. The smallest absolute Gasteiger partial charge is 0.127 e. The Bertz CT molecular complexity index is 684. The molecule has 0 aliphatic heterocycles. The van der Waals surface area contributed by atoms with E-state index in [0.717, 1.165) is 23.3 Å². The number of hydrogen-bond donors (Lipinski definition) is 0. The van der Waals surface area contributed by atoms with Crippen molar-refractivity contribution in [3.63, 3.8) is 0 Å². The van der Waals surface area contributed by atoms with Gasteiger partial charge in [-0.25, -0.2) is 4.98 Å². The molecular weight excluding hydrogens is 351 g/mol. The van der Waals surface area contributed by atoms with Gasteiger partial charge in [0, 0.05) is 28.9 Å². The molecular formula is C14H17Cl3N2OS. The van der Waals surface area contributed by atoms with Gasteiger partial charge in [-0.05, 0) is 32.4 Å². The van der Waals surface area contributed by atoms with Crippen LogP contribution in [0.25, 0.3) is 11.0 Å². The predicted molar refractivity (Wildman–Crippen MR) is 92.3 cm³/mol. The highest BCUT2D eigenvalue weighted by Crippen LogP contribution is 2.33. The van der Waals surface area contributed by atoms with Crippen LogP contribution in [0.3, 0.4) is 0 Å². The van der Waals surface area contributed by atoms with Crippen LogP contribution in [-0.4, -0.2) is 25.8 Å². The summed E-state index contributed by atoms with van der Waals surface area (Å²) in [6.07, 6.45) is 2.49. The zero-order valence-electron chi connectivity index (χ0n) is 12.1. The fraction of sp³-hybridized carbons (Fsp3) is 0.500. The lowest BCUT2D eigenvalue weighted by molar-refractivity contribution is 0.523. The van der Waals surface area contributed by atoms with E-state index in [1.807, 2.05) is 13.0 Å². The molecule has 0 aliphatic carbocycles. The maximum Gasteiger partial charge on any atom is 0.127 e. The first-order valence-corrected chi connectivity index (χ1v) is 9.54. The van der Waals surface area contributed by atoms with Gasteiger partial charge < -0.3 is 4.57 Å². The topological polar surface area (TPSA) is 34.9 Å². The average Bonchev–Trinajstić information content (AvgIpc) is 2.75. The van der Waals surface area contributed by atoms with Crippen LogP contribution >= 0.6 is 34.8 Å². The zero-order chi connectivity index (χ0) is 15.7. The second-order valence-electron chi connectivity index (χ2n) is 5.13. The second kappa shape index (κ2) is 6.86. The molecule has 0 bridgehead atoms. The van der Waals surface area contributed by atoms with Gasteiger partial charge in [0.1, 0.15) is 5.82 Å². The van der Waals surface area contributed by atoms with Crippen LogP contribution in [-0.2, 0) is 10.8 Å². The Balaban J connectivity index is 2.55. The number of nitrogens with zero attached hydrogens (tertiary/aromatic N) is 2. The average molecular weight is 368 g/mol. The third kappa shape index (κ3) is 3.73. The number of aromatic nitrogens is 2. The summed E-state index contributed by atoms with van der Waals surface area (Å²) < 4.78 is 13.4. The molecule has 1 heterocycles. The number of benzene rings is 1. The Morgan fingerprint density at radius 2 is 1.90 bits per heavy atom. The van der Waals surface area contributed by atoms with E-state index < -0.39 is 10.8 Å². The van der Waals surface area contributed by atoms with E-state index in [1.165, 1.54) is 0 Å². The monoisotopic (exact) mass is 366 g/mol. The van der Waals surface area contributed by atoms with Crippen LogP contribution in [0.15, 0.2) is 12.1 Å². The summed E-state index contributed by atoms with van der Waals surface area (Å²) in [5, 5.41) is 0.736. The fourth-order valence-corrected chi connectivity index (χ4v) is 3.46. The molecule has 3 nitrogen and oxygen atoms in total. The Labute approximate surface area is 142 Å². The quantitative estimate of drug-likeness (QED) is 0.699. The molecule has 1 aromatic heterocycles. The molecule has 21 heavy (non-hydrogen) atoms. The molecule has 0 spiro atoms. The largest absolute Gasteiger partial charge is 0.324 e. The number of alkyl halides is 1. The van der Waals surface area contributed by atoms with Gasteiger partial charge in [-0.1, -0.05) is 23.2 Å². The summed E-state index contributed by atoms with van der Waals surface area (Å²) in [5.74, 6) is 1.41. The van der Waals surface area contributed by atoms with Gasteiger partial charge in [0.15, 0.2) is 0 Å². The van der Waals surface area contributed by atoms with Gasteiger partial charge in [-0.2, -0.15) is 0 Å². The van der Waals surface area contributed by atoms with Crippen molar-refractivity contribution in [2.24, 2.45) is 0 Å². The number of fused-ring (bicyclic) bond motifs is 1. The van der Waals surface area contributed by atoms with E-state index in [0.29, 0.717) is 15.8 Å². The summed E-state index contributed by atoms with van der Waals surface area (Å²) in [6, 6.07) is 3.70. The summed E-state index contributed by atoms with van der Waals surface area (Å²) in [6.45, 7) is 3.95. The minimum absolute atomic E-state index is 0.132. The van der Waals surface area contributed by atoms with Crippen molar-refractivity contribution >= 4 is 56.6 Å². The van der Waals surface area contributed by atoms with E-state index >= 15 is 0 Å². The van der Waals surface area contributed by atoms with E-state index in [1.54, 1.807) is 12.3 Å². The molecule has 0 N–H and O–H groups in total. The molecule has 0 saturated carbocycles. The lowest BCUT2D eigenvalue weighted by Crippen LogP contribution is -2.12. The van der Waals surface area contributed by atoms with E-state index in [-0.39, 0.29) is 11.4 Å². The maximum atomic E-state index is 11.3. The third-order valence-electron chi connectivity index (χ3n) is 3.38. The summed E-state index contributed by atoms with van der Waals surface area (Å²) in [5.41, 5.74) is 1.68. The van der Waals surface area contributed by atoms with Crippen LogP contribution < -0.4 is 0 Å². The lowest BCUT2D eigenvalue weighted by atomic mass is 10.2. The van der Waals surface area contributed by atoms with Crippen molar-refractivity contribution < 1.29 is 4.21 Å². The molecule has 1 aromatic carbocycles. The van der Waals surface area contributed by atoms with Crippen LogP contribution in [0.1, 0.15) is 37.5 Å². The van der Waals surface area contributed by atoms with Crippen molar-refractivity contribution in [1.29, 1.82) is 0 Å². The SMILES string of the molecule is CC(Cl)c1nc2cc(Cl)c(Cl)cc2n1C(C)CCS(C)=O. The van der Waals surface area contributed by atoms with Gasteiger partial charge in [0.25, 0.3) is 0 Å². The van der Waals surface area contributed by atoms with E-state index in [4.69, 9.17) is 34.8 Å². The van der Waals surface area contributed by atoms with Crippen LogP contribution in [0.2, 0.25) is 10.0 Å². The van der Waals surface area contributed by atoms with Gasteiger partial charge in [-0.3, -0.25) is 4.21 Å². The molecule has 7 heteroatoms. The van der Waals surface area contributed by atoms with Gasteiger partial charge in [-0.15, -0.1) is 11.6 Å². The van der Waals surface area contributed by atoms with E-state index in [9.17, 15) is 4.21 Å². The van der Waals surface area contributed by atoms with Crippen LogP contribution in [0.4, 0.5) is 0 Å². The van der Waals surface area contributed by atoms with Crippen LogP contribution in [0.5, 0.6) is 0 Å². The van der Waals surface area contributed by atoms with E-state index in [2.05, 4.69) is 16.5 Å². The molecule has 0 radical (unpaired) electrons. The number of halogens is 3. The molecule has 0 amide bonds. The summed E-state index contributed by atoms with van der Waals surface area (Å²) >= 11 is 18.4. The highest BCUT2D eigenvalue weighted by Gasteiger charge is 2.20. The molecule has 0 aliphatic rings. The summed E-state index contributed by atoms with van der Waals surface area (Å²) in [4.78, 5) is 4.57. The van der Waals surface area contributed by atoms with Gasteiger partial charge in [0.2, 0.25) is 0 Å². The first-order chi connectivity index (χ1) is 9.81. The molecule has 0 saturated heterocycles. The fourth-order valence-electron chi connectivity index (χ4n) is 2.32. The van der Waals surface area contributed by atoms with Crippen LogP contribution in [0, 0.1) is 0 Å². The second-order valence-corrected chi connectivity index (χ2v) is 8.15. The molecule has 2 aromatic rings. The van der Waals surface area contributed by atoms with Crippen molar-refractivity contribution in [3.05, 3.63) is 28.0 Å². The van der Waals surface area contributed by atoms with Crippen molar-refractivity contribution in [3.8, 4) is 0 Å². The van der Waals surface area contributed by atoms with Crippen molar-refractivity contribution in [2.75, 3.05) is 12.0 Å². The number of rotatable bonds is 5. The molecule has 3 atom stereocenters. The maximum absolute atomic E-state index is 11.3. The molecule has 116 valence electrons. The zero-order valence-corrected chi connectivity index (χ0v) is 15.2. The predicted octanol–water partition coefficient (Wildman–Crippen LogP) is 4.97. The number of imidazole rings is 1. The van der Waals surface area contributed by atoms with Crippen molar-refractivity contribution in [1.82, 2.24) is 9.55 Å². The minimum atomic E-state index is -0.821. The van der Waals surface area contributed by atoms with Gasteiger partial charge in [0.05, 0.1) is 26.5 Å². The first kappa shape index (κ1) is 17.1. The molecule has 0 fully saturated rings. The third-order valence-corrected chi connectivity index (χ3v) is 5.11. The first-order valence-electron chi connectivity index (χ1n) is 6.62. The Morgan fingerprint density at radius 1 is 1.29 bits per heavy atom. The van der Waals surface area contributed by atoms with Crippen molar-refractivity contribution in [2.45, 2.75) is 31.7 Å². The lowest BCUT2D eigenvalue weighted by Gasteiger charge is -2.18. The highest BCUT2D eigenvalue weighted by atomic mass is 35.5. The Kier molecular flexibility index (Phi) is 5.58. The minimum Gasteiger partial charge on any atom is -0.324 e. The highest BCUT2D eigenvalue weighted by molar-refractivity contribution is 7.84. The Hall–Kier alpha value is -0.290. The molecule has 3 unspecified atom stereocenters.